The van der Waals surface area contributed by atoms with Crippen LogP contribution in [-0.4, -0.2) is 48.2 Å². The number of furan rings is 2. The first-order valence-electron chi connectivity index (χ1n) is 39.0. The van der Waals surface area contributed by atoms with Gasteiger partial charge in [-0.25, -0.2) is 29.9 Å². The Labute approximate surface area is 672 Å². The summed E-state index contributed by atoms with van der Waals surface area (Å²) < 4.78 is 22.9. The first kappa shape index (κ1) is 67.1. The van der Waals surface area contributed by atoms with Crippen LogP contribution in [0.5, 0.6) is 0 Å². The number of para-hydroxylation sites is 6. The molecule has 0 spiro atoms. The lowest BCUT2D eigenvalue weighted by Gasteiger charge is -2.12. The molecule has 548 valence electrons. The molecule has 0 aliphatic rings. The summed E-state index contributed by atoms with van der Waals surface area (Å²) in [5, 5.41) is 34.6. The maximum Gasteiger partial charge on any atom is 0.164 e. The zero-order valence-corrected chi connectivity index (χ0v) is 62.8. The van der Waals surface area contributed by atoms with E-state index in [2.05, 4.69) is 218 Å². The minimum Gasteiger partial charge on any atom is -0.455 e. The molecule has 16 aromatic carbocycles. The van der Waals surface area contributed by atoms with E-state index in [1.54, 1.807) is 0 Å². The van der Waals surface area contributed by atoms with Crippen molar-refractivity contribution in [1.82, 2.24) is 48.2 Å². The summed E-state index contributed by atoms with van der Waals surface area (Å²) in [6.07, 6.45) is 0. The highest BCUT2D eigenvalue weighted by Gasteiger charge is 2.28. The number of hydrogen-bond acceptors (Lipinski definition) is 10. The van der Waals surface area contributed by atoms with Gasteiger partial charge in [0.15, 0.2) is 34.9 Å². The van der Waals surface area contributed by atoms with E-state index < -0.39 is 0 Å². The maximum atomic E-state index is 10.8. The summed E-state index contributed by atoms with van der Waals surface area (Å²) in [7, 11) is 0. The van der Waals surface area contributed by atoms with Gasteiger partial charge in [0, 0.05) is 93.2 Å². The number of fused-ring (bicyclic) bond motifs is 22. The van der Waals surface area contributed by atoms with Gasteiger partial charge in [0.25, 0.3) is 0 Å². The Hall–Kier alpha value is -16.7. The maximum absolute atomic E-state index is 10.8. The summed E-state index contributed by atoms with van der Waals surface area (Å²) in [5.74, 6) is 3.25. The molecule has 24 aromatic rings. The second kappa shape index (κ2) is 27.0. The fourth-order valence-electron chi connectivity index (χ4n) is 17.7. The molecular formula is C104H60N12O2. The smallest absolute Gasteiger partial charge is 0.164 e. The van der Waals surface area contributed by atoms with Crippen LogP contribution >= 0.6 is 0 Å². The molecule has 0 amide bonds. The largest absolute Gasteiger partial charge is 0.455 e. The summed E-state index contributed by atoms with van der Waals surface area (Å²) in [6.45, 7) is 0. The van der Waals surface area contributed by atoms with Crippen molar-refractivity contribution in [3.63, 3.8) is 0 Å². The van der Waals surface area contributed by atoms with E-state index in [1.807, 2.05) is 176 Å². The second-order valence-electron chi connectivity index (χ2n) is 29.4. The molecule has 0 saturated carbocycles. The monoisotopic (exact) mass is 1510 g/mol. The van der Waals surface area contributed by atoms with E-state index in [1.165, 1.54) is 16.2 Å². The van der Waals surface area contributed by atoms with Gasteiger partial charge in [-0.15, -0.1) is 0 Å². The average Bonchev–Trinajstić information content (AvgIpc) is 1.54. The van der Waals surface area contributed by atoms with Gasteiger partial charge >= 0.3 is 0 Å². The van der Waals surface area contributed by atoms with Crippen LogP contribution < -0.4 is 0 Å². The molecule has 0 fully saturated rings. The van der Waals surface area contributed by atoms with E-state index in [4.69, 9.17) is 38.7 Å². The number of hydrogen-bond donors (Lipinski definition) is 0. The summed E-state index contributed by atoms with van der Waals surface area (Å²) >= 11 is 0. The van der Waals surface area contributed by atoms with Gasteiger partial charge in [-0.3, -0.25) is 0 Å². The molecule has 0 bridgehead atoms. The summed E-state index contributed by atoms with van der Waals surface area (Å²) in [4.78, 5) is 29.4. The Kier molecular flexibility index (Phi) is 15.4. The fourth-order valence-corrected chi connectivity index (χ4v) is 17.7. The van der Waals surface area contributed by atoms with Crippen LogP contribution in [0.1, 0.15) is 11.1 Å². The van der Waals surface area contributed by atoms with E-state index in [9.17, 15) is 10.5 Å². The van der Waals surface area contributed by atoms with Crippen LogP contribution in [0.4, 0.5) is 0 Å². The lowest BCUT2D eigenvalue weighted by molar-refractivity contribution is 0.673. The quantitative estimate of drug-likeness (QED) is 0.128. The van der Waals surface area contributed by atoms with Gasteiger partial charge in [-0.1, -0.05) is 231 Å². The van der Waals surface area contributed by atoms with Crippen molar-refractivity contribution in [2.45, 2.75) is 0 Å². The summed E-state index contributed by atoms with van der Waals surface area (Å²) in [6, 6.07) is 128. The average molecular weight is 1510 g/mol. The molecule has 0 aliphatic carbocycles. The molecule has 8 aromatic heterocycles. The first-order valence-corrected chi connectivity index (χ1v) is 39.0. The minimum atomic E-state index is 0.492. The second-order valence-corrected chi connectivity index (χ2v) is 29.4. The van der Waals surface area contributed by atoms with Gasteiger partial charge in [-0.05, 0) is 133 Å². The lowest BCUT2D eigenvalue weighted by Crippen LogP contribution is -2.02. The normalized spacial score (nSPS) is 11.7. The first-order chi connectivity index (χ1) is 58.5. The lowest BCUT2D eigenvalue weighted by atomic mass is 10.0. The highest BCUT2D eigenvalue weighted by atomic mass is 16.3. The van der Waals surface area contributed by atoms with Crippen LogP contribution in [-0.2, 0) is 0 Å². The van der Waals surface area contributed by atoms with Crippen molar-refractivity contribution < 1.29 is 8.83 Å². The van der Waals surface area contributed by atoms with Crippen LogP contribution in [0, 0.1) is 22.7 Å². The zero-order chi connectivity index (χ0) is 78.1. The fraction of sp³-hybridized carbons (Fsp3) is 0. The highest BCUT2D eigenvalue weighted by Crippen LogP contribution is 2.49. The van der Waals surface area contributed by atoms with Crippen molar-refractivity contribution in [1.29, 1.82) is 10.5 Å². The predicted molar refractivity (Wildman–Crippen MR) is 474 cm³/mol. The topological polar surface area (TPSA) is 171 Å². The van der Waals surface area contributed by atoms with E-state index >= 15 is 0 Å². The number of nitrogens with zero attached hydrogens (tertiary/aromatic N) is 12. The molecule has 118 heavy (non-hydrogen) atoms. The third kappa shape index (κ3) is 10.6. The molecule has 8 heterocycles. The molecule has 0 unspecified atom stereocenters. The Bertz CT molecular complexity index is 8200. The van der Waals surface area contributed by atoms with Crippen LogP contribution in [0.25, 0.3) is 222 Å². The van der Waals surface area contributed by atoms with Gasteiger partial charge in [0.05, 0.1) is 82.8 Å². The number of nitriles is 2. The van der Waals surface area contributed by atoms with Gasteiger partial charge < -0.3 is 27.1 Å². The molecule has 0 atom stereocenters. The van der Waals surface area contributed by atoms with Crippen molar-refractivity contribution in [2.24, 2.45) is 0 Å². The number of aromatic nitrogens is 10. The summed E-state index contributed by atoms with van der Waals surface area (Å²) in [5.41, 5.74) is 21.3. The number of rotatable bonds is 10. The third-order valence-electron chi connectivity index (χ3n) is 22.8. The predicted octanol–water partition coefficient (Wildman–Crippen LogP) is 25.7. The van der Waals surface area contributed by atoms with Crippen molar-refractivity contribution in [2.75, 3.05) is 0 Å². The zero-order valence-electron chi connectivity index (χ0n) is 62.8. The van der Waals surface area contributed by atoms with E-state index in [0.717, 1.165) is 171 Å². The molecule has 24 rings (SSSR count). The molecule has 0 radical (unpaired) electrons. The standard InChI is InChI=1S/2C52H30N6O/c53-31-35-30-34(52-55-50(32-14-4-1-5-15-32)54-51(56-52)33-16-6-2-7-17-33)24-27-41(35)58-43-23-13-11-21-39(43)46-44(58)28-25-40-47-45(59-49(40)46)29-26-38-37-20-10-12-22-42(37)57(48(38)47)36-18-8-3-9-19-36;53-31-35-30-34(52-55-50(32-14-4-1-5-15-32)54-51(56-52)33-16-6-2-7-17-33)24-26-40(35)58-42-23-13-11-21-38(42)47-44(58)27-25-39-48-45(59-49(39)47)29-28-43-46(48)37-20-10-12-22-41(37)57(43)36-18-8-3-9-19-36/h2*1-30H. The molecule has 0 aliphatic heterocycles. The third-order valence-corrected chi connectivity index (χ3v) is 22.8. The molecule has 14 nitrogen and oxygen atoms in total. The van der Waals surface area contributed by atoms with Crippen LogP contribution in [0.15, 0.2) is 373 Å². The van der Waals surface area contributed by atoms with Gasteiger partial charge in [0.2, 0.25) is 0 Å². The molecule has 0 N–H and O–H groups in total. The van der Waals surface area contributed by atoms with Crippen LogP contribution in [0.3, 0.4) is 0 Å². The van der Waals surface area contributed by atoms with Crippen molar-refractivity contribution in [3.8, 4) is 103 Å². The Morgan fingerprint density at radius 2 is 0.534 bits per heavy atom. The Balaban J connectivity index is 0.000000138. The SMILES string of the molecule is N#Cc1cc(-c2nc(-c3ccccc3)nc(-c3ccccc3)n2)ccc1-n1c2ccccc2c2c3oc4ccc5c(c6ccccc6n5-c5ccccc5)c4c3ccc21.N#Cc1cc(-c2nc(-c3ccccc3)nc(-c3ccccc3)n2)ccc1-n1c2ccccc2c2c3oc4ccc5c6ccccc6n(-c6ccccc6)c5c4c3ccc21. The van der Waals surface area contributed by atoms with Crippen LogP contribution in [0.2, 0.25) is 0 Å². The van der Waals surface area contributed by atoms with Gasteiger partial charge in [-0.2, -0.15) is 10.5 Å². The molecular weight excluding hydrogens is 1450 g/mol. The Morgan fingerprint density at radius 1 is 0.220 bits per heavy atom. The Morgan fingerprint density at radius 3 is 0.966 bits per heavy atom. The number of benzene rings is 16. The van der Waals surface area contributed by atoms with Crippen molar-refractivity contribution in [3.05, 3.63) is 375 Å². The van der Waals surface area contributed by atoms with Crippen molar-refractivity contribution >= 4 is 131 Å². The molecule has 0 saturated heterocycles. The minimum absolute atomic E-state index is 0.492. The van der Waals surface area contributed by atoms with Gasteiger partial charge in [0.1, 0.15) is 34.5 Å². The highest BCUT2D eigenvalue weighted by molar-refractivity contribution is 6.33. The van der Waals surface area contributed by atoms with E-state index in [0.29, 0.717) is 46.1 Å². The molecule has 14 heteroatoms. The van der Waals surface area contributed by atoms with E-state index in [-0.39, 0.29) is 0 Å².